The summed E-state index contributed by atoms with van der Waals surface area (Å²) in [5.74, 6) is 0.435. The van der Waals surface area contributed by atoms with E-state index in [0.29, 0.717) is 5.75 Å². The molecule has 0 bridgehead atoms. The molecule has 0 saturated carbocycles. The van der Waals surface area contributed by atoms with Crippen molar-refractivity contribution in [3.8, 4) is 0 Å². The van der Waals surface area contributed by atoms with Gasteiger partial charge in [-0.05, 0) is 31.4 Å². The van der Waals surface area contributed by atoms with Gasteiger partial charge in [-0.2, -0.15) is 0 Å². The monoisotopic (exact) mass is 281 g/mol. The molecule has 1 aromatic carbocycles. The third-order valence-electron chi connectivity index (χ3n) is 3.34. The Kier molecular flexibility index (Phi) is 5.88. The molecule has 0 saturated heterocycles. The molecule has 0 fully saturated rings. The topological polar surface area (TPSA) is 49.3 Å². The summed E-state index contributed by atoms with van der Waals surface area (Å²) in [6.45, 7) is 7.94. The van der Waals surface area contributed by atoms with Gasteiger partial charge < -0.3 is 10.4 Å². The molecule has 106 valence electrons. The van der Waals surface area contributed by atoms with Crippen molar-refractivity contribution >= 4 is 17.7 Å². The van der Waals surface area contributed by atoms with Crippen molar-refractivity contribution in [2.75, 3.05) is 12.3 Å². The Bertz CT molecular complexity index is 430. The van der Waals surface area contributed by atoms with E-state index in [0.717, 1.165) is 4.90 Å². The number of aliphatic hydroxyl groups is 1. The maximum Gasteiger partial charge on any atom is 0.230 e. The van der Waals surface area contributed by atoms with Crippen molar-refractivity contribution < 1.29 is 9.90 Å². The van der Waals surface area contributed by atoms with Crippen molar-refractivity contribution in [3.63, 3.8) is 0 Å². The maximum atomic E-state index is 11.8. The lowest BCUT2D eigenvalue weighted by Crippen LogP contribution is -2.44. The van der Waals surface area contributed by atoms with Gasteiger partial charge in [0.15, 0.2) is 0 Å². The van der Waals surface area contributed by atoms with E-state index < -0.39 is 5.60 Å². The molecule has 2 N–H and O–H groups in total. The summed E-state index contributed by atoms with van der Waals surface area (Å²) in [5.41, 5.74) is 0.317. The molecule has 0 aliphatic heterocycles. The average molecular weight is 281 g/mol. The lowest BCUT2D eigenvalue weighted by Gasteiger charge is -2.27. The first-order valence-corrected chi connectivity index (χ1v) is 7.49. The Labute approximate surface area is 119 Å². The van der Waals surface area contributed by atoms with E-state index in [9.17, 15) is 9.90 Å². The second-order valence-corrected chi connectivity index (χ2v) is 6.36. The van der Waals surface area contributed by atoms with E-state index in [1.807, 2.05) is 45.0 Å². The zero-order valence-corrected chi connectivity index (χ0v) is 12.9. The van der Waals surface area contributed by atoms with E-state index in [1.165, 1.54) is 17.3 Å². The Morgan fingerprint density at radius 3 is 2.63 bits per heavy atom. The van der Waals surface area contributed by atoms with Gasteiger partial charge in [0.1, 0.15) is 0 Å². The number of benzene rings is 1. The standard InChI is InChI=1S/C15H23NO2S/c1-11(2)15(4,18)10-16-14(17)9-19-13-8-6-5-7-12(13)3/h5-8,11,18H,9-10H2,1-4H3,(H,16,17). The van der Waals surface area contributed by atoms with Crippen LogP contribution in [-0.2, 0) is 4.79 Å². The fourth-order valence-electron chi connectivity index (χ4n) is 1.39. The minimum Gasteiger partial charge on any atom is -0.388 e. The van der Waals surface area contributed by atoms with Gasteiger partial charge in [-0.25, -0.2) is 0 Å². The second-order valence-electron chi connectivity index (χ2n) is 5.34. The highest BCUT2D eigenvalue weighted by Crippen LogP contribution is 2.21. The number of carbonyl (C=O) groups is 1. The molecule has 0 aromatic heterocycles. The summed E-state index contributed by atoms with van der Waals surface area (Å²) in [4.78, 5) is 12.9. The molecule has 3 nitrogen and oxygen atoms in total. The Morgan fingerprint density at radius 2 is 2.05 bits per heavy atom. The lowest BCUT2D eigenvalue weighted by molar-refractivity contribution is -0.120. The van der Waals surface area contributed by atoms with Crippen LogP contribution in [0.1, 0.15) is 26.3 Å². The van der Waals surface area contributed by atoms with Crippen LogP contribution < -0.4 is 5.32 Å². The summed E-state index contributed by atoms with van der Waals surface area (Å²) in [5, 5.41) is 12.8. The molecule has 0 aliphatic carbocycles. The summed E-state index contributed by atoms with van der Waals surface area (Å²) in [7, 11) is 0. The SMILES string of the molecule is Cc1ccccc1SCC(=O)NCC(C)(O)C(C)C. The maximum absolute atomic E-state index is 11.8. The first-order valence-electron chi connectivity index (χ1n) is 6.50. The molecule has 0 radical (unpaired) electrons. The number of aryl methyl sites for hydroxylation is 1. The Balaban J connectivity index is 2.39. The average Bonchev–Trinajstić information content (AvgIpc) is 2.35. The van der Waals surface area contributed by atoms with Crippen LogP contribution in [0.15, 0.2) is 29.2 Å². The van der Waals surface area contributed by atoms with E-state index in [2.05, 4.69) is 5.32 Å². The number of hydrogen-bond donors (Lipinski definition) is 2. The van der Waals surface area contributed by atoms with E-state index >= 15 is 0 Å². The molecular formula is C15H23NO2S. The van der Waals surface area contributed by atoms with Crippen LogP contribution in [0.4, 0.5) is 0 Å². The summed E-state index contributed by atoms with van der Waals surface area (Å²) in [6.07, 6.45) is 0. The Hall–Kier alpha value is -1.00. The molecule has 4 heteroatoms. The summed E-state index contributed by atoms with van der Waals surface area (Å²) < 4.78 is 0. The number of hydrogen-bond acceptors (Lipinski definition) is 3. The predicted octanol–water partition coefficient (Wildman–Crippen LogP) is 2.61. The molecule has 0 aliphatic rings. The Morgan fingerprint density at radius 1 is 1.42 bits per heavy atom. The van der Waals surface area contributed by atoms with Crippen LogP contribution in [0.2, 0.25) is 0 Å². The number of amides is 1. The van der Waals surface area contributed by atoms with Gasteiger partial charge in [0.25, 0.3) is 0 Å². The minimum absolute atomic E-state index is 0.0471. The third kappa shape index (κ3) is 5.25. The molecule has 1 unspecified atom stereocenters. The van der Waals surface area contributed by atoms with Crippen LogP contribution in [-0.4, -0.2) is 28.9 Å². The van der Waals surface area contributed by atoms with Crippen LogP contribution in [0.3, 0.4) is 0 Å². The first-order chi connectivity index (χ1) is 8.83. The summed E-state index contributed by atoms with van der Waals surface area (Å²) >= 11 is 1.52. The van der Waals surface area contributed by atoms with E-state index in [-0.39, 0.29) is 18.4 Å². The van der Waals surface area contributed by atoms with Crippen molar-refractivity contribution in [1.29, 1.82) is 0 Å². The molecule has 1 aromatic rings. The van der Waals surface area contributed by atoms with E-state index in [4.69, 9.17) is 0 Å². The van der Waals surface area contributed by atoms with Crippen molar-refractivity contribution in [3.05, 3.63) is 29.8 Å². The van der Waals surface area contributed by atoms with Gasteiger partial charge in [-0.3, -0.25) is 4.79 Å². The molecule has 1 rings (SSSR count). The van der Waals surface area contributed by atoms with Gasteiger partial charge in [-0.1, -0.05) is 32.0 Å². The largest absolute Gasteiger partial charge is 0.388 e. The van der Waals surface area contributed by atoms with Crippen molar-refractivity contribution in [2.45, 2.75) is 38.2 Å². The molecular weight excluding hydrogens is 258 g/mol. The van der Waals surface area contributed by atoms with Gasteiger partial charge in [-0.15, -0.1) is 11.8 Å². The minimum atomic E-state index is -0.858. The van der Waals surface area contributed by atoms with Crippen molar-refractivity contribution in [2.24, 2.45) is 5.92 Å². The number of thioether (sulfide) groups is 1. The van der Waals surface area contributed by atoms with Crippen LogP contribution in [0.25, 0.3) is 0 Å². The van der Waals surface area contributed by atoms with Gasteiger partial charge in [0.05, 0.1) is 11.4 Å². The third-order valence-corrected chi connectivity index (χ3v) is 4.52. The fourth-order valence-corrected chi connectivity index (χ4v) is 2.25. The van der Waals surface area contributed by atoms with Crippen molar-refractivity contribution in [1.82, 2.24) is 5.32 Å². The molecule has 19 heavy (non-hydrogen) atoms. The molecule has 0 heterocycles. The second kappa shape index (κ2) is 6.96. The lowest BCUT2D eigenvalue weighted by atomic mass is 9.93. The number of rotatable bonds is 6. The smallest absolute Gasteiger partial charge is 0.230 e. The number of nitrogens with one attached hydrogen (secondary N) is 1. The van der Waals surface area contributed by atoms with Gasteiger partial charge in [0, 0.05) is 11.4 Å². The van der Waals surface area contributed by atoms with Gasteiger partial charge >= 0.3 is 0 Å². The van der Waals surface area contributed by atoms with Crippen LogP contribution in [0.5, 0.6) is 0 Å². The molecule has 1 atom stereocenters. The van der Waals surface area contributed by atoms with Gasteiger partial charge in [0.2, 0.25) is 5.91 Å². The number of carbonyl (C=O) groups excluding carboxylic acids is 1. The highest BCUT2D eigenvalue weighted by molar-refractivity contribution is 8.00. The highest BCUT2D eigenvalue weighted by Gasteiger charge is 2.25. The first kappa shape index (κ1) is 16.1. The van der Waals surface area contributed by atoms with E-state index in [1.54, 1.807) is 6.92 Å². The summed E-state index contributed by atoms with van der Waals surface area (Å²) in [6, 6.07) is 8.00. The fraction of sp³-hybridized carbons (Fsp3) is 0.533. The predicted molar refractivity (Wildman–Crippen MR) is 80.4 cm³/mol. The zero-order chi connectivity index (χ0) is 14.5. The van der Waals surface area contributed by atoms with Crippen LogP contribution >= 0.6 is 11.8 Å². The quantitative estimate of drug-likeness (QED) is 0.788. The normalized spacial score (nSPS) is 14.2. The molecule has 1 amide bonds. The van der Waals surface area contributed by atoms with Crippen LogP contribution in [0, 0.1) is 12.8 Å². The highest BCUT2D eigenvalue weighted by atomic mass is 32.2. The molecule has 0 spiro atoms. The zero-order valence-electron chi connectivity index (χ0n) is 12.1.